The van der Waals surface area contributed by atoms with Crippen molar-refractivity contribution < 1.29 is 14.3 Å². The van der Waals surface area contributed by atoms with Crippen LogP contribution in [-0.2, 0) is 14.3 Å². The van der Waals surface area contributed by atoms with Gasteiger partial charge in [0, 0.05) is 32.5 Å². The van der Waals surface area contributed by atoms with Crippen LogP contribution in [0.5, 0.6) is 0 Å². The van der Waals surface area contributed by atoms with Crippen molar-refractivity contribution in [1.82, 2.24) is 5.32 Å². The summed E-state index contributed by atoms with van der Waals surface area (Å²) in [7, 11) is 0. The lowest BCUT2D eigenvalue weighted by atomic mass is 9.80. The molecule has 0 spiro atoms. The van der Waals surface area contributed by atoms with Crippen molar-refractivity contribution in [1.29, 1.82) is 5.26 Å². The number of ether oxygens (including phenoxy) is 2. The summed E-state index contributed by atoms with van der Waals surface area (Å²) < 4.78 is 10.5. The molecule has 5 nitrogen and oxygen atoms in total. The van der Waals surface area contributed by atoms with Crippen LogP contribution in [0.2, 0.25) is 0 Å². The minimum Gasteiger partial charge on any atom is -0.381 e. The third kappa shape index (κ3) is 2.76. The number of amides is 1. The monoisotopic (exact) mass is 238 g/mol. The van der Waals surface area contributed by atoms with E-state index >= 15 is 0 Å². The normalized spacial score (nSPS) is 24.9. The molecular weight excluding hydrogens is 220 g/mol. The van der Waals surface area contributed by atoms with Gasteiger partial charge < -0.3 is 14.8 Å². The Morgan fingerprint density at radius 3 is 2.35 bits per heavy atom. The first kappa shape index (κ1) is 12.3. The van der Waals surface area contributed by atoms with Crippen molar-refractivity contribution in [2.24, 2.45) is 5.41 Å². The smallest absolute Gasteiger partial charge is 0.240 e. The molecule has 0 aromatic heterocycles. The number of hydrogen-bond acceptors (Lipinski definition) is 4. The highest BCUT2D eigenvalue weighted by molar-refractivity contribution is 5.85. The van der Waals surface area contributed by atoms with Gasteiger partial charge in [0.05, 0.1) is 6.07 Å². The van der Waals surface area contributed by atoms with Crippen molar-refractivity contribution in [2.75, 3.05) is 26.4 Å². The van der Waals surface area contributed by atoms with Crippen LogP contribution in [0.4, 0.5) is 0 Å². The molecule has 94 valence electrons. The van der Waals surface area contributed by atoms with E-state index in [1.807, 2.05) is 0 Å². The van der Waals surface area contributed by atoms with E-state index in [1.165, 1.54) is 0 Å². The standard InChI is InChI=1S/C12H18N2O3/c13-9-12(3-7-17-8-4-12)11(15)14-10-1-5-16-6-2-10/h10H,1-8H2,(H,14,15). The van der Waals surface area contributed by atoms with Crippen molar-refractivity contribution >= 4 is 5.91 Å². The summed E-state index contributed by atoms with van der Waals surface area (Å²) in [6.45, 7) is 2.37. The Hall–Kier alpha value is -1.12. The van der Waals surface area contributed by atoms with E-state index in [0.29, 0.717) is 39.3 Å². The van der Waals surface area contributed by atoms with E-state index in [0.717, 1.165) is 12.8 Å². The van der Waals surface area contributed by atoms with Gasteiger partial charge in [-0.15, -0.1) is 0 Å². The maximum atomic E-state index is 12.2. The number of carbonyl (C=O) groups excluding carboxylic acids is 1. The predicted molar refractivity (Wildman–Crippen MR) is 60.1 cm³/mol. The lowest BCUT2D eigenvalue weighted by Crippen LogP contribution is -2.48. The van der Waals surface area contributed by atoms with Crippen LogP contribution in [0.15, 0.2) is 0 Å². The van der Waals surface area contributed by atoms with Crippen molar-refractivity contribution in [2.45, 2.75) is 31.7 Å². The Bertz CT molecular complexity index is 312. The molecule has 0 aromatic rings. The second kappa shape index (κ2) is 5.48. The van der Waals surface area contributed by atoms with E-state index in [1.54, 1.807) is 0 Å². The zero-order valence-electron chi connectivity index (χ0n) is 9.91. The second-order valence-corrected chi connectivity index (χ2v) is 4.67. The van der Waals surface area contributed by atoms with Crippen LogP contribution in [-0.4, -0.2) is 38.4 Å². The molecule has 2 fully saturated rings. The molecule has 0 aliphatic carbocycles. The van der Waals surface area contributed by atoms with E-state index in [2.05, 4.69) is 11.4 Å². The van der Waals surface area contributed by atoms with Crippen LogP contribution in [0.1, 0.15) is 25.7 Å². The molecule has 2 rings (SSSR count). The fraction of sp³-hybridized carbons (Fsp3) is 0.833. The van der Waals surface area contributed by atoms with Crippen LogP contribution < -0.4 is 5.32 Å². The molecule has 0 unspecified atom stereocenters. The Morgan fingerprint density at radius 1 is 1.18 bits per heavy atom. The highest BCUT2D eigenvalue weighted by Crippen LogP contribution is 2.30. The molecule has 1 amide bonds. The van der Waals surface area contributed by atoms with Gasteiger partial charge in [0.1, 0.15) is 5.41 Å². The Kier molecular flexibility index (Phi) is 3.97. The van der Waals surface area contributed by atoms with E-state index in [-0.39, 0.29) is 11.9 Å². The van der Waals surface area contributed by atoms with E-state index in [4.69, 9.17) is 9.47 Å². The van der Waals surface area contributed by atoms with Gasteiger partial charge in [0.15, 0.2) is 0 Å². The first-order valence-electron chi connectivity index (χ1n) is 6.14. The molecule has 1 N–H and O–H groups in total. The molecule has 0 aromatic carbocycles. The molecule has 0 atom stereocenters. The summed E-state index contributed by atoms with van der Waals surface area (Å²) in [5.41, 5.74) is -0.878. The Morgan fingerprint density at radius 2 is 1.76 bits per heavy atom. The number of hydrogen-bond donors (Lipinski definition) is 1. The summed E-state index contributed by atoms with van der Waals surface area (Å²) >= 11 is 0. The summed E-state index contributed by atoms with van der Waals surface area (Å²) in [6, 6.07) is 2.34. The minimum atomic E-state index is -0.878. The average molecular weight is 238 g/mol. The van der Waals surface area contributed by atoms with Gasteiger partial charge in [0.2, 0.25) is 5.91 Å². The molecule has 2 heterocycles. The van der Waals surface area contributed by atoms with Gasteiger partial charge in [-0.05, 0) is 25.7 Å². The third-order valence-corrected chi connectivity index (χ3v) is 3.55. The number of nitriles is 1. The maximum Gasteiger partial charge on any atom is 0.240 e. The van der Waals surface area contributed by atoms with Gasteiger partial charge in [0.25, 0.3) is 0 Å². The van der Waals surface area contributed by atoms with Gasteiger partial charge in [-0.3, -0.25) is 4.79 Å². The highest BCUT2D eigenvalue weighted by Gasteiger charge is 2.41. The number of nitrogens with one attached hydrogen (secondary N) is 1. The summed E-state index contributed by atoms with van der Waals surface area (Å²) in [4.78, 5) is 12.2. The predicted octanol–water partition coefficient (Wildman–Crippen LogP) is 0.602. The summed E-state index contributed by atoms with van der Waals surface area (Å²) in [6.07, 6.45) is 2.67. The fourth-order valence-corrected chi connectivity index (χ4v) is 2.27. The van der Waals surface area contributed by atoms with E-state index in [9.17, 15) is 10.1 Å². The second-order valence-electron chi connectivity index (χ2n) is 4.67. The SMILES string of the molecule is N#CC1(C(=O)NC2CCOCC2)CCOCC1. The average Bonchev–Trinajstić information content (AvgIpc) is 2.40. The van der Waals surface area contributed by atoms with Crippen molar-refractivity contribution in [3.8, 4) is 6.07 Å². The first-order chi connectivity index (χ1) is 8.27. The lowest BCUT2D eigenvalue weighted by molar-refractivity contribution is -0.133. The number of nitrogens with zero attached hydrogens (tertiary/aromatic N) is 1. The Balaban J connectivity index is 1.94. The van der Waals surface area contributed by atoms with Crippen LogP contribution >= 0.6 is 0 Å². The van der Waals surface area contributed by atoms with Crippen LogP contribution in [0.3, 0.4) is 0 Å². The Labute approximate surface area is 101 Å². The fourth-order valence-electron chi connectivity index (χ4n) is 2.27. The van der Waals surface area contributed by atoms with Crippen LogP contribution in [0.25, 0.3) is 0 Å². The first-order valence-corrected chi connectivity index (χ1v) is 6.14. The highest BCUT2D eigenvalue weighted by atomic mass is 16.5. The number of carbonyl (C=O) groups is 1. The molecule has 0 saturated carbocycles. The van der Waals surface area contributed by atoms with Crippen molar-refractivity contribution in [3.05, 3.63) is 0 Å². The molecule has 0 bridgehead atoms. The van der Waals surface area contributed by atoms with Gasteiger partial charge in [-0.2, -0.15) is 5.26 Å². The van der Waals surface area contributed by atoms with Gasteiger partial charge >= 0.3 is 0 Å². The molecule has 2 aliphatic rings. The zero-order chi connectivity index (χ0) is 12.1. The topological polar surface area (TPSA) is 71.4 Å². The molecule has 2 aliphatic heterocycles. The quantitative estimate of drug-likeness (QED) is 0.764. The van der Waals surface area contributed by atoms with E-state index < -0.39 is 5.41 Å². The minimum absolute atomic E-state index is 0.129. The van der Waals surface area contributed by atoms with Gasteiger partial charge in [-0.25, -0.2) is 0 Å². The zero-order valence-corrected chi connectivity index (χ0v) is 9.91. The summed E-state index contributed by atoms with van der Waals surface area (Å²) in [5, 5.41) is 12.2. The molecule has 2 saturated heterocycles. The molecular formula is C12H18N2O3. The van der Waals surface area contributed by atoms with Gasteiger partial charge in [-0.1, -0.05) is 0 Å². The largest absolute Gasteiger partial charge is 0.381 e. The third-order valence-electron chi connectivity index (χ3n) is 3.55. The maximum absolute atomic E-state index is 12.2. The summed E-state index contributed by atoms with van der Waals surface area (Å²) in [5.74, 6) is -0.129. The van der Waals surface area contributed by atoms with Crippen molar-refractivity contribution in [3.63, 3.8) is 0 Å². The molecule has 17 heavy (non-hydrogen) atoms. The van der Waals surface area contributed by atoms with Crippen LogP contribution in [0, 0.1) is 16.7 Å². The molecule has 0 radical (unpaired) electrons. The molecule has 5 heteroatoms. The lowest BCUT2D eigenvalue weighted by Gasteiger charge is -2.32. The number of rotatable bonds is 2.